The van der Waals surface area contributed by atoms with E-state index in [1.54, 1.807) is 24.3 Å². The number of hydrogen-bond acceptors (Lipinski definition) is 5. The molecule has 110 valence electrons. The van der Waals surface area contributed by atoms with Gasteiger partial charge in [-0.15, -0.1) is 5.10 Å². The number of aromatic nitrogens is 3. The highest BCUT2D eigenvalue weighted by molar-refractivity contribution is 6.32. The van der Waals surface area contributed by atoms with Crippen LogP contribution in [-0.4, -0.2) is 32.0 Å². The molecule has 1 aromatic heterocycles. The van der Waals surface area contributed by atoms with Gasteiger partial charge in [-0.05, 0) is 12.1 Å². The molecule has 0 radical (unpaired) electrons. The van der Waals surface area contributed by atoms with Crippen LogP contribution in [0.5, 0.6) is 5.75 Å². The number of amides is 1. The summed E-state index contributed by atoms with van der Waals surface area (Å²) in [5, 5.41) is 16.5. The van der Waals surface area contributed by atoms with Gasteiger partial charge in [-0.1, -0.05) is 28.9 Å². The predicted octanol–water partition coefficient (Wildman–Crippen LogP) is 0.694. The highest BCUT2D eigenvalue weighted by atomic mass is 35.5. The standard InChI is InChI=1S/C12H11ClN4O4/c13-7-3-1-2-4-9(7)21-6-8-11(12(19)20)15-16-17(8)5-10(14)18/h1-4H,5-6H2,(H2,14,18)(H,19,20). The Bertz CT molecular complexity index is 686. The summed E-state index contributed by atoms with van der Waals surface area (Å²) in [6.07, 6.45) is 0. The molecule has 0 atom stereocenters. The van der Waals surface area contributed by atoms with Gasteiger partial charge >= 0.3 is 5.97 Å². The van der Waals surface area contributed by atoms with Crippen LogP contribution in [0.2, 0.25) is 5.02 Å². The lowest BCUT2D eigenvalue weighted by atomic mass is 10.3. The Morgan fingerprint density at radius 2 is 2.10 bits per heavy atom. The number of benzene rings is 1. The average Bonchev–Trinajstić information content (AvgIpc) is 2.80. The number of ether oxygens (including phenoxy) is 1. The van der Waals surface area contributed by atoms with Gasteiger partial charge in [0.2, 0.25) is 5.91 Å². The van der Waals surface area contributed by atoms with Crippen LogP contribution in [0.3, 0.4) is 0 Å². The van der Waals surface area contributed by atoms with Gasteiger partial charge in [0.1, 0.15) is 24.6 Å². The second kappa shape index (κ2) is 6.23. The number of rotatable bonds is 6. The first-order chi connectivity index (χ1) is 9.99. The van der Waals surface area contributed by atoms with E-state index in [9.17, 15) is 9.59 Å². The number of carboxylic acids is 1. The van der Waals surface area contributed by atoms with Crippen molar-refractivity contribution in [3.63, 3.8) is 0 Å². The number of primary amides is 1. The fourth-order valence-corrected chi connectivity index (χ4v) is 1.81. The minimum Gasteiger partial charge on any atom is -0.486 e. The number of nitrogens with two attached hydrogens (primary N) is 1. The largest absolute Gasteiger partial charge is 0.486 e. The molecule has 2 aromatic rings. The topological polar surface area (TPSA) is 120 Å². The summed E-state index contributed by atoms with van der Waals surface area (Å²) < 4.78 is 6.53. The van der Waals surface area contributed by atoms with Gasteiger partial charge in [-0.25, -0.2) is 9.48 Å². The maximum Gasteiger partial charge on any atom is 0.358 e. The number of carbonyl (C=O) groups excluding carboxylic acids is 1. The molecule has 0 spiro atoms. The first kappa shape index (κ1) is 14.8. The molecule has 2 rings (SSSR count). The van der Waals surface area contributed by atoms with Gasteiger partial charge in [0.05, 0.1) is 5.02 Å². The first-order valence-corrected chi connectivity index (χ1v) is 6.18. The van der Waals surface area contributed by atoms with E-state index in [1.165, 1.54) is 0 Å². The highest BCUT2D eigenvalue weighted by Gasteiger charge is 2.20. The van der Waals surface area contributed by atoms with Gasteiger partial charge in [0.15, 0.2) is 5.69 Å². The van der Waals surface area contributed by atoms with E-state index in [0.29, 0.717) is 10.8 Å². The quantitative estimate of drug-likeness (QED) is 0.810. The summed E-state index contributed by atoms with van der Waals surface area (Å²) in [7, 11) is 0. The molecule has 0 unspecified atom stereocenters. The molecular weight excluding hydrogens is 300 g/mol. The molecule has 0 aliphatic heterocycles. The summed E-state index contributed by atoms with van der Waals surface area (Å²) in [6.45, 7) is -0.451. The Morgan fingerprint density at radius 1 is 1.38 bits per heavy atom. The Balaban J connectivity index is 2.25. The number of carboxylic acid groups (broad SMARTS) is 1. The van der Waals surface area contributed by atoms with Crippen LogP contribution in [0.25, 0.3) is 0 Å². The smallest absolute Gasteiger partial charge is 0.358 e. The average molecular weight is 311 g/mol. The highest BCUT2D eigenvalue weighted by Crippen LogP contribution is 2.24. The summed E-state index contributed by atoms with van der Waals surface area (Å²) in [5.41, 5.74) is 4.90. The van der Waals surface area contributed by atoms with Crippen molar-refractivity contribution in [1.29, 1.82) is 0 Å². The van der Waals surface area contributed by atoms with Crippen molar-refractivity contribution < 1.29 is 19.4 Å². The van der Waals surface area contributed by atoms with Gasteiger partial charge in [0.25, 0.3) is 0 Å². The fourth-order valence-electron chi connectivity index (χ4n) is 1.62. The third kappa shape index (κ3) is 3.48. The van der Waals surface area contributed by atoms with Gasteiger partial charge in [0, 0.05) is 0 Å². The molecule has 8 nitrogen and oxygen atoms in total. The number of carbonyl (C=O) groups is 2. The van der Waals surface area contributed by atoms with Crippen LogP contribution in [0.1, 0.15) is 16.2 Å². The lowest BCUT2D eigenvalue weighted by molar-refractivity contribution is -0.118. The SMILES string of the molecule is NC(=O)Cn1nnc(C(=O)O)c1COc1ccccc1Cl. The van der Waals surface area contributed by atoms with E-state index in [4.69, 9.17) is 27.2 Å². The zero-order valence-electron chi connectivity index (χ0n) is 10.7. The molecule has 21 heavy (non-hydrogen) atoms. The molecule has 0 saturated heterocycles. The van der Waals surface area contributed by atoms with E-state index in [0.717, 1.165) is 4.68 Å². The second-order valence-corrected chi connectivity index (χ2v) is 4.44. The van der Waals surface area contributed by atoms with Gasteiger partial charge in [-0.3, -0.25) is 4.79 Å². The van der Waals surface area contributed by atoms with Crippen molar-refractivity contribution in [2.75, 3.05) is 0 Å². The normalized spacial score (nSPS) is 10.3. The molecule has 0 aliphatic rings. The Hall–Kier alpha value is -2.61. The Kier molecular flexibility index (Phi) is 4.39. The second-order valence-electron chi connectivity index (χ2n) is 4.03. The van der Waals surface area contributed by atoms with E-state index >= 15 is 0 Å². The zero-order valence-corrected chi connectivity index (χ0v) is 11.4. The van der Waals surface area contributed by atoms with E-state index < -0.39 is 11.9 Å². The van der Waals surface area contributed by atoms with Crippen molar-refractivity contribution in [1.82, 2.24) is 15.0 Å². The predicted molar refractivity (Wildman–Crippen MR) is 72.0 cm³/mol. The third-order valence-corrected chi connectivity index (χ3v) is 2.86. The molecule has 1 heterocycles. The van der Waals surface area contributed by atoms with Gasteiger partial charge < -0.3 is 15.6 Å². The Labute approximate surface area is 124 Å². The number of aromatic carboxylic acids is 1. The van der Waals surface area contributed by atoms with Crippen LogP contribution in [0.15, 0.2) is 24.3 Å². The molecule has 0 bridgehead atoms. The minimum atomic E-state index is -1.27. The maximum atomic E-state index is 11.1. The molecule has 0 saturated carbocycles. The van der Waals surface area contributed by atoms with Crippen molar-refractivity contribution in [3.8, 4) is 5.75 Å². The van der Waals surface area contributed by atoms with Crippen LogP contribution in [-0.2, 0) is 17.9 Å². The van der Waals surface area contributed by atoms with Crippen molar-refractivity contribution in [2.45, 2.75) is 13.2 Å². The molecule has 1 amide bonds. The molecule has 0 fully saturated rings. The van der Waals surface area contributed by atoms with Gasteiger partial charge in [-0.2, -0.15) is 0 Å². The monoisotopic (exact) mass is 310 g/mol. The number of hydrogen-bond donors (Lipinski definition) is 2. The summed E-state index contributed by atoms with van der Waals surface area (Å²) in [4.78, 5) is 22.0. The fraction of sp³-hybridized carbons (Fsp3) is 0.167. The van der Waals surface area contributed by atoms with E-state index in [1.807, 2.05) is 0 Å². The van der Waals surface area contributed by atoms with E-state index in [-0.39, 0.29) is 24.5 Å². The number of nitrogens with zero attached hydrogens (tertiary/aromatic N) is 3. The maximum absolute atomic E-state index is 11.1. The summed E-state index contributed by atoms with van der Waals surface area (Å²) in [5.74, 6) is -1.57. The molecule has 3 N–H and O–H groups in total. The third-order valence-electron chi connectivity index (χ3n) is 2.55. The van der Waals surface area contributed by atoms with Crippen LogP contribution in [0, 0.1) is 0 Å². The molecular formula is C12H11ClN4O4. The summed E-state index contributed by atoms with van der Waals surface area (Å²) in [6, 6.07) is 6.72. The number of para-hydroxylation sites is 1. The molecule has 1 aromatic carbocycles. The van der Waals surface area contributed by atoms with Crippen LogP contribution in [0.4, 0.5) is 0 Å². The van der Waals surface area contributed by atoms with Crippen molar-refractivity contribution in [3.05, 3.63) is 40.7 Å². The van der Waals surface area contributed by atoms with E-state index in [2.05, 4.69) is 10.3 Å². The lowest BCUT2D eigenvalue weighted by Gasteiger charge is -2.09. The number of halogens is 1. The van der Waals surface area contributed by atoms with Crippen molar-refractivity contribution >= 4 is 23.5 Å². The lowest BCUT2D eigenvalue weighted by Crippen LogP contribution is -2.22. The minimum absolute atomic E-state index is 0.126. The van der Waals surface area contributed by atoms with Crippen LogP contribution >= 0.6 is 11.6 Å². The molecule has 0 aliphatic carbocycles. The zero-order chi connectivity index (χ0) is 15.4. The first-order valence-electron chi connectivity index (χ1n) is 5.80. The summed E-state index contributed by atoms with van der Waals surface area (Å²) >= 11 is 5.94. The Morgan fingerprint density at radius 3 is 2.71 bits per heavy atom. The molecule has 9 heteroatoms. The van der Waals surface area contributed by atoms with Crippen LogP contribution < -0.4 is 10.5 Å². The van der Waals surface area contributed by atoms with Crippen molar-refractivity contribution in [2.24, 2.45) is 5.73 Å².